The molecule has 0 radical (unpaired) electrons. The molecule has 0 saturated carbocycles. The van der Waals surface area contributed by atoms with Gasteiger partial charge in [-0.15, -0.1) is 0 Å². The number of ether oxygens (including phenoxy) is 1. The molecule has 0 spiro atoms. The summed E-state index contributed by atoms with van der Waals surface area (Å²) in [5, 5.41) is 3.93. The molecular weight excluding hydrogens is 360 g/mol. The summed E-state index contributed by atoms with van der Waals surface area (Å²) in [6, 6.07) is 8.41. The van der Waals surface area contributed by atoms with Gasteiger partial charge in [0.15, 0.2) is 9.84 Å². The fraction of sp³-hybridized carbons (Fsp3) is 0.714. The van der Waals surface area contributed by atoms with E-state index in [9.17, 15) is 8.42 Å². The highest BCUT2D eigenvalue weighted by atomic mass is 32.2. The second-order valence-corrected chi connectivity index (χ2v) is 10.6. The van der Waals surface area contributed by atoms with Crippen LogP contribution in [0.25, 0.3) is 0 Å². The van der Waals surface area contributed by atoms with E-state index in [1.807, 2.05) is 12.1 Å². The zero-order chi connectivity index (χ0) is 19.7. The van der Waals surface area contributed by atoms with Crippen molar-refractivity contribution in [1.82, 2.24) is 5.32 Å². The van der Waals surface area contributed by atoms with E-state index in [1.54, 1.807) is 12.1 Å². The molecule has 152 valence electrons. The Morgan fingerprint density at radius 1 is 1.22 bits per heavy atom. The third kappa shape index (κ3) is 4.39. The first-order valence-electron chi connectivity index (χ1n) is 10.2. The summed E-state index contributed by atoms with van der Waals surface area (Å²) in [5.41, 5.74) is 1.25. The number of likely N-dealkylation sites (tertiary alicyclic amines) is 1. The SMILES string of the molecule is CC[N+]1(C)C(N[C@H](C)C2CCOC2)CCCC1c1ccc(S(C)(=O)=O)cc1. The lowest BCUT2D eigenvalue weighted by atomic mass is 9.90. The maximum absolute atomic E-state index is 11.8. The van der Waals surface area contributed by atoms with Gasteiger partial charge in [0.1, 0.15) is 12.2 Å². The minimum absolute atomic E-state index is 0.391. The standard InChI is InChI=1S/C21H35N2O3S/c1-5-23(3)20(17-9-11-19(12-10-17)27(4,24)25)7-6-8-21(23)22-16(2)18-13-14-26-15-18/h9-12,16,18,20-22H,5-8,13-15H2,1-4H3/q+1/t16-,18?,20?,21?,23?/m1/s1. The first-order valence-corrected chi connectivity index (χ1v) is 12.1. The quantitative estimate of drug-likeness (QED) is 0.752. The summed E-state index contributed by atoms with van der Waals surface area (Å²) in [6.07, 6.45) is 6.34. The van der Waals surface area contributed by atoms with Crippen molar-refractivity contribution in [2.75, 3.05) is 33.1 Å². The molecule has 1 aromatic rings. The fourth-order valence-corrected chi connectivity index (χ4v) is 5.47. The van der Waals surface area contributed by atoms with Gasteiger partial charge in [0, 0.05) is 37.3 Å². The first-order chi connectivity index (χ1) is 12.8. The molecule has 5 atom stereocenters. The van der Waals surface area contributed by atoms with Crippen LogP contribution >= 0.6 is 0 Å². The third-order valence-electron chi connectivity index (χ3n) is 6.88. The van der Waals surface area contributed by atoms with Crippen LogP contribution in [0.4, 0.5) is 0 Å². The molecule has 1 N–H and O–H groups in total. The fourth-order valence-electron chi connectivity index (χ4n) is 4.84. The Hall–Kier alpha value is -0.950. The van der Waals surface area contributed by atoms with E-state index in [0.717, 1.165) is 37.1 Å². The summed E-state index contributed by atoms with van der Waals surface area (Å²) in [5.74, 6) is 0.602. The number of quaternary nitrogens is 1. The van der Waals surface area contributed by atoms with Gasteiger partial charge in [-0.3, -0.25) is 5.32 Å². The van der Waals surface area contributed by atoms with Crippen molar-refractivity contribution in [3.8, 4) is 0 Å². The predicted octanol–water partition coefficient (Wildman–Crippen LogP) is 3.12. The molecule has 2 fully saturated rings. The number of hydrogen-bond donors (Lipinski definition) is 1. The Bertz CT molecular complexity index is 728. The van der Waals surface area contributed by atoms with Crippen LogP contribution in [-0.2, 0) is 14.6 Å². The lowest BCUT2D eigenvalue weighted by Crippen LogP contribution is -2.64. The molecule has 2 aliphatic rings. The molecule has 4 unspecified atom stereocenters. The van der Waals surface area contributed by atoms with Crippen LogP contribution < -0.4 is 5.32 Å². The van der Waals surface area contributed by atoms with Crippen molar-refractivity contribution < 1.29 is 17.6 Å². The Kier molecular flexibility index (Phi) is 6.31. The van der Waals surface area contributed by atoms with E-state index in [-0.39, 0.29) is 0 Å². The molecule has 0 aliphatic carbocycles. The summed E-state index contributed by atoms with van der Waals surface area (Å²) in [4.78, 5) is 0.400. The molecular formula is C21H35N2O3S+. The average Bonchev–Trinajstić information content (AvgIpc) is 3.17. The minimum Gasteiger partial charge on any atom is -0.381 e. The van der Waals surface area contributed by atoms with Crippen LogP contribution in [0.3, 0.4) is 0 Å². The van der Waals surface area contributed by atoms with E-state index in [0.29, 0.717) is 29.1 Å². The van der Waals surface area contributed by atoms with Crippen LogP contribution in [0.1, 0.15) is 51.1 Å². The average molecular weight is 396 g/mol. The molecule has 3 rings (SSSR count). The van der Waals surface area contributed by atoms with Gasteiger partial charge in [0.25, 0.3) is 0 Å². The van der Waals surface area contributed by atoms with E-state index in [2.05, 4.69) is 26.2 Å². The number of nitrogens with one attached hydrogen (secondary N) is 1. The molecule has 2 heterocycles. The summed E-state index contributed by atoms with van der Waals surface area (Å²) < 4.78 is 30.1. The van der Waals surface area contributed by atoms with Gasteiger partial charge < -0.3 is 9.22 Å². The largest absolute Gasteiger partial charge is 0.381 e. The second-order valence-electron chi connectivity index (χ2n) is 8.55. The molecule has 0 bridgehead atoms. The minimum atomic E-state index is -3.15. The number of hydrogen-bond acceptors (Lipinski definition) is 4. The van der Waals surface area contributed by atoms with Crippen LogP contribution in [0.5, 0.6) is 0 Å². The molecule has 2 saturated heterocycles. The summed E-state index contributed by atoms with van der Waals surface area (Å²) in [7, 11) is -0.799. The van der Waals surface area contributed by atoms with Crippen molar-refractivity contribution in [2.24, 2.45) is 5.92 Å². The summed E-state index contributed by atoms with van der Waals surface area (Å²) >= 11 is 0. The second kappa shape index (κ2) is 8.19. The maximum atomic E-state index is 11.8. The zero-order valence-electron chi connectivity index (χ0n) is 17.1. The Balaban J connectivity index is 1.80. The Labute approximate surface area is 164 Å². The number of piperidine rings is 1. The highest BCUT2D eigenvalue weighted by Gasteiger charge is 2.44. The normalized spacial score (nSPS) is 33.1. The van der Waals surface area contributed by atoms with Gasteiger partial charge >= 0.3 is 0 Å². The molecule has 1 aromatic carbocycles. The van der Waals surface area contributed by atoms with E-state index in [1.165, 1.54) is 24.7 Å². The Morgan fingerprint density at radius 3 is 2.48 bits per heavy atom. The number of rotatable bonds is 6. The highest BCUT2D eigenvalue weighted by Crippen LogP contribution is 2.39. The van der Waals surface area contributed by atoms with E-state index in [4.69, 9.17) is 4.74 Å². The van der Waals surface area contributed by atoms with E-state index < -0.39 is 9.84 Å². The van der Waals surface area contributed by atoms with Crippen LogP contribution in [-0.4, -0.2) is 58.2 Å². The van der Waals surface area contributed by atoms with Gasteiger partial charge in [0.2, 0.25) is 0 Å². The van der Waals surface area contributed by atoms with E-state index >= 15 is 0 Å². The molecule has 5 nitrogen and oxygen atoms in total. The van der Waals surface area contributed by atoms with Gasteiger partial charge in [0.05, 0.1) is 25.1 Å². The predicted molar refractivity (Wildman–Crippen MR) is 108 cm³/mol. The number of nitrogens with zero attached hydrogens (tertiary/aromatic N) is 1. The lowest BCUT2D eigenvalue weighted by molar-refractivity contribution is -0.969. The topological polar surface area (TPSA) is 55.4 Å². The van der Waals surface area contributed by atoms with Crippen molar-refractivity contribution in [1.29, 1.82) is 0 Å². The Morgan fingerprint density at radius 2 is 1.93 bits per heavy atom. The monoisotopic (exact) mass is 395 g/mol. The smallest absolute Gasteiger partial charge is 0.175 e. The lowest BCUT2D eigenvalue weighted by Gasteiger charge is -2.51. The van der Waals surface area contributed by atoms with Crippen molar-refractivity contribution in [2.45, 2.75) is 62.7 Å². The van der Waals surface area contributed by atoms with Gasteiger partial charge in [-0.25, -0.2) is 8.42 Å². The molecule has 0 aromatic heterocycles. The van der Waals surface area contributed by atoms with Crippen LogP contribution in [0.2, 0.25) is 0 Å². The maximum Gasteiger partial charge on any atom is 0.175 e. The zero-order valence-corrected chi connectivity index (χ0v) is 18.0. The summed E-state index contributed by atoms with van der Waals surface area (Å²) in [6.45, 7) is 7.36. The molecule has 0 amide bonds. The highest BCUT2D eigenvalue weighted by molar-refractivity contribution is 7.90. The van der Waals surface area contributed by atoms with Gasteiger partial charge in [-0.1, -0.05) is 12.1 Å². The third-order valence-corrected chi connectivity index (χ3v) is 8.01. The molecule has 6 heteroatoms. The molecule has 27 heavy (non-hydrogen) atoms. The number of benzene rings is 1. The van der Waals surface area contributed by atoms with Crippen LogP contribution in [0, 0.1) is 5.92 Å². The van der Waals surface area contributed by atoms with Crippen molar-refractivity contribution >= 4 is 9.84 Å². The van der Waals surface area contributed by atoms with Gasteiger partial charge in [-0.05, 0) is 44.7 Å². The van der Waals surface area contributed by atoms with Crippen molar-refractivity contribution in [3.63, 3.8) is 0 Å². The van der Waals surface area contributed by atoms with Crippen molar-refractivity contribution in [3.05, 3.63) is 29.8 Å². The molecule has 2 aliphatic heterocycles. The number of sulfone groups is 1. The van der Waals surface area contributed by atoms with Crippen LogP contribution in [0.15, 0.2) is 29.2 Å². The first kappa shape index (κ1) is 20.8. The van der Waals surface area contributed by atoms with Gasteiger partial charge in [-0.2, -0.15) is 0 Å².